The summed E-state index contributed by atoms with van der Waals surface area (Å²) in [5.41, 5.74) is 0.965. The van der Waals surface area contributed by atoms with Crippen molar-refractivity contribution in [3.63, 3.8) is 0 Å². The third kappa shape index (κ3) is 4.69. The number of hydrogen-bond acceptors (Lipinski definition) is 3. The lowest BCUT2D eigenvalue weighted by molar-refractivity contribution is -0.126. The zero-order valence-corrected chi connectivity index (χ0v) is 13.5. The molecule has 1 N–H and O–H groups in total. The van der Waals surface area contributed by atoms with Gasteiger partial charge in [-0.15, -0.1) is 0 Å². The van der Waals surface area contributed by atoms with Gasteiger partial charge in [0.15, 0.2) is 0 Å². The second kappa shape index (κ2) is 7.50. The molecule has 0 aliphatic carbocycles. The van der Waals surface area contributed by atoms with Gasteiger partial charge in [-0.2, -0.15) is 0 Å². The number of hydrogen-bond donors (Lipinski definition) is 1. The van der Waals surface area contributed by atoms with E-state index < -0.39 is 0 Å². The van der Waals surface area contributed by atoms with Crippen LogP contribution in [0.25, 0.3) is 0 Å². The van der Waals surface area contributed by atoms with Crippen LogP contribution >= 0.6 is 11.6 Å². The Balaban J connectivity index is 2.77. The molecular weight excluding hydrogens is 276 g/mol. The highest BCUT2D eigenvalue weighted by atomic mass is 35.5. The molecule has 0 saturated carbocycles. The zero-order valence-electron chi connectivity index (χ0n) is 12.7. The van der Waals surface area contributed by atoms with Crippen LogP contribution in [0.4, 0.5) is 0 Å². The minimum Gasteiger partial charge on any atom is -0.496 e. The zero-order chi connectivity index (χ0) is 15.3. The molecule has 0 aliphatic rings. The lowest BCUT2D eigenvalue weighted by Gasteiger charge is -2.25. The first-order valence-electron chi connectivity index (χ1n) is 6.68. The van der Waals surface area contributed by atoms with Crippen LogP contribution in [0.5, 0.6) is 5.75 Å². The molecule has 0 bridgehead atoms. The molecule has 4 nitrogen and oxygen atoms in total. The van der Waals surface area contributed by atoms with Gasteiger partial charge < -0.3 is 10.1 Å². The lowest BCUT2D eigenvalue weighted by Crippen LogP contribution is -2.45. The molecule has 0 unspecified atom stereocenters. The Hall–Kier alpha value is -1.26. The van der Waals surface area contributed by atoms with Gasteiger partial charge in [0.05, 0.1) is 13.2 Å². The van der Waals surface area contributed by atoms with Gasteiger partial charge in [0.25, 0.3) is 0 Å². The van der Waals surface area contributed by atoms with E-state index in [1.165, 1.54) is 0 Å². The second-order valence-electron chi connectivity index (χ2n) is 5.21. The number of methoxy groups -OCH3 is 1. The molecule has 0 aliphatic heterocycles. The van der Waals surface area contributed by atoms with Gasteiger partial charge in [-0.3, -0.25) is 9.69 Å². The molecule has 1 atom stereocenters. The fourth-order valence-corrected chi connectivity index (χ4v) is 2.08. The van der Waals surface area contributed by atoms with Gasteiger partial charge in [0.1, 0.15) is 5.75 Å². The Morgan fingerprint density at radius 1 is 1.40 bits per heavy atom. The molecule has 0 saturated heterocycles. The Morgan fingerprint density at radius 3 is 2.60 bits per heavy atom. The summed E-state index contributed by atoms with van der Waals surface area (Å²) in [4.78, 5) is 14.0. The Labute approximate surface area is 126 Å². The summed E-state index contributed by atoms with van der Waals surface area (Å²) in [5.74, 6) is 0.793. The maximum absolute atomic E-state index is 12.0. The smallest absolute Gasteiger partial charge is 0.237 e. The van der Waals surface area contributed by atoms with E-state index in [1.807, 2.05) is 44.9 Å². The number of halogens is 1. The Morgan fingerprint density at radius 2 is 2.05 bits per heavy atom. The van der Waals surface area contributed by atoms with Crippen molar-refractivity contribution in [2.24, 2.45) is 0 Å². The molecular formula is C15H23ClN2O2. The van der Waals surface area contributed by atoms with Crippen molar-refractivity contribution in [1.29, 1.82) is 0 Å². The number of benzene rings is 1. The predicted octanol–water partition coefficient (Wildman–Crippen LogP) is 2.69. The molecule has 0 heterocycles. The first-order chi connectivity index (χ1) is 9.35. The molecule has 1 rings (SSSR count). The molecule has 5 heteroatoms. The normalized spacial score (nSPS) is 12.6. The molecule has 1 amide bonds. The van der Waals surface area contributed by atoms with Gasteiger partial charge in [-0.1, -0.05) is 11.6 Å². The number of carbonyl (C=O) groups is 1. The highest BCUT2D eigenvalue weighted by Crippen LogP contribution is 2.24. The number of nitrogens with one attached hydrogen (secondary N) is 1. The number of ether oxygens (including phenoxy) is 1. The van der Waals surface area contributed by atoms with E-state index in [9.17, 15) is 4.79 Å². The number of nitrogens with zero attached hydrogens (tertiary/aromatic N) is 1. The summed E-state index contributed by atoms with van der Waals surface area (Å²) in [7, 11) is 3.53. The number of rotatable bonds is 6. The molecule has 1 aromatic rings. The fourth-order valence-electron chi connectivity index (χ4n) is 1.88. The van der Waals surface area contributed by atoms with Gasteiger partial charge in [0.2, 0.25) is 5.91 Å². The third-order valence-corrected chi connectivity index (χ3v) is 3.37. The van der Waals surface area contributed by atoms with Crippen LogP contribution in [0.3, 0.4) is 0 Å². The quantitative estimate of drug-likeness (QED) is 0.878. The van der Waals surface area contributed by atoms with E-state index in [4.69, 9.17) is 16.3 Å². The van der Waals surface area contributed by atoms with E-state index in [0.29, 0.717) is 11.6 Å². The maximum atomic E-state index is 12.0. The first-order valence-corrected chi connectivity index (χ1v) is 7.06. The SMILES string of the molecule is COc1ccc(Cl)cc1CN(C)[C@@H](C)C(=O)NC(C)C. The summed E-state index contributed by atoms with van der Waals surface area (Å²) in [6.45, 7) is 6.38. The molecule has 0 spiro atoms. The van der Waals surface area contributed by atoms with E-state index in [1.54, 1.807) is 13.2 Å². The molecule has 20 heavy (non-hydrogen) atoms. The highest BCUT2D eigenvalue weighted by Gasteiger charge is 2.19. The third-order valence-electron chi connectivity index (χ3n) is 3.13. The van der Waals surface area contributed by atoms with Gasteiger partial charge >= 0.3 is 0 Å². The van der Waals surface area contributed by atoms with Crippen molar-refractivity contribution in [3.8, 4) is 5.75 Å². The van der Waals surface area contributed by atoms with Crippen LogP contribution in [0.15, 0.2) is 18.2 Å². The standard InChI is InChI=1S/C15H23ClN2O2/c1-10(2)17-15(19)11(3)18(4)9-12-8-13(16)6-7-14(12)20-5/h6-8,10-11H,9H2,1-5H3,(H,17,19)/t11-/m0/s1. The van der Waals surface area contributed by atoms with Gasteiger partial charge in [-0.25, -0.2) is 0 Å². The fraction of sp³-hybridized carbons (Fsp3) is 0.533. The van der Waals surface area contributed by atoms with E-state index in [0.717, 1.165) is 11.3 Å². The van der Waals surface area contributed by atoms with Crippen molar-refractivity contribution < 1.29 is 9.53 Å². The average Bonchev–Trinajstić information content (AvgIpc) is 2.37. The lowest BCUT2D eigenvalue weighted by atomic mass is 10.1. The van der Waals surface area contributed by atoms with E-state index in [2.05, 4.69) is 5.32 Å². The Kier molecular flexibility index (Phi) is 6.30. The predicted molar refractivity (Wildman–Crippen MR) is 82.2 cm³/mol. The van der Waals surface area contributed by atoms with Crippen molar-refractivity contribution >= 4 is 17.5 Å². The summed E-state index contributed by atoms with van der Waals surface area (Å²) < 4.78 is 5.32. The van der Waals surface area contributed by atoms with Gasteiger partial charge in [-0.05, 0) is 46.0 Å². The minimum atomic E-state index is -0.221. The molecule has 1 aromatic carbocycles. The summed E-state index contributed by atoms with van der Waals surface area (Å²) >= 11 is 6.01. The molecule has 0 radical (unpaired) electrons. The highest BCUT2D eigenvalue weighted by molar-refractivity contribution is 6.30. The topological polar surface area (TPSA) is 41.6 Å². The number of carbonyl (C=O) groups excluding carboxylic acids is 1. The molecule has 0 fully saturated rings. The van der Waals surface area contributed by atoms with E-state index in [-0.39, 0.29) is 18.0 Å². The summed E-state index contributed by atoms with van der Waals surface area (Å²) in [5, 5.41) is 3.57. The first kappa shape index (κ1) is 16.8. The summed E-state index contributed by atoms with van der Waals surface area (Å²) in [6, 6.07) is 5.41. The number of amides is 1. The summed E-state index contributed by atoms with van der Waals surface area (Å²) in [6.07, 6.45) is 0. The second-order valence-corrected chi connectivity index (χ2v) is 5.65. The van der Waals surface area contributed by atoms with Crippen LogP contribution in [0.1, 0.15) is 26.3 Å². The molecule has 112 valence electrons. The van der Waals surface area contributed by atoms with Crippen LogP contribution in [-0.2, 0) is 11.3 Å². The largest absolute Gasteiger partial charge is 0.496 e. The van der Waals surface area contributed by atoms with Crippen molar-refractivity contribution in [1.82, 2.24) is 10.2 Å². The maximum Gasteiger partial charge on any atom is 0.237 e. The van der Waals surface area contributed by atoms with Crippen LogP contribution in [0.2, 0.25) is 5.02 Å². The monoisotopic (exact) mass is 298 g/mol. The van der Waals surface area contributed by atoms with Crippen molar-refractivity contribution in [2.45, 2.75) is 39.4 Å². The van der Waals surface area contributed by atoms with Crippen molar-refractivity contribution in [2.75, 3.05) is 14.2 Å². The number of likely N-dealkylation sites (N-methyl/N-ethyl adjacent to an activating group) is 1. The van der Waals surface area contributed by atoms with Crippen LogP contribution in [-0.4, -0.2) is 37.0 Å². The average molecular weight is 299 g/mol. The van der Waals surface area contributed by atoms with E-state index >= 15 is 0 Å². The molecule has 0 aromatic heterocycles. The Bertz CT molecular complexity index is 463. The van der Waals surface area contributed by atoms with Crippen LogP contribution < -0.4 is 10.1 Å². The van der Waals surface area contributed by atoms with Crippen LogP contribution in [0, 0.1) is 0 Å². The van der Waals surface area contributed by atoms with Gasteiger partial charge in [0, 0.05) is 23.2 Å². The minimum absolute atomic E-state index is 0.0171. The van der Waals surface area contributed by atoms with Crippen molar-refractivity contribution in [3.05, 3.63) is 28.8 Å².